The molecule has 2 amide bonds. The number of fused-ring (bicyclic) bond motifs is 1. The number of ether oxygens (including phenoxy) is 1. The van der Waals surface area contributed by atoms with Crippen LogP contribution in [-0.4, -0.2) is 11.8 Å². The molecule has 6 heteroatoms. The van der Waals surface area contributed by atoms with Gasteiger partial charge in [0.25, 0.3) is 11.8 Å². The minimum atomic E-state index is -0.697. The predicted octanol–water partition coefficient (Wildman–Crippen LogP) is 3.60. The first-order valence-electron chi connectivity index (χ1n) is 7.72. The van der Waals surface area contributed by atoms with Gasteiger partial charge in [-0.1, -0.05) is 30.3 Å². The van der Waals surface area contributed by atoms with Gasteiger partial charge in [-0.25, -0.2) is 0 Å². The molecule has 1 aromatic heterocycles. The fraction of sp³-hybridized carbons (Fsp3) is 0.0526. The maximum absolute atomic E-state index is 12.3. The zero-order valence-corrected chi connectivity index (χ0v) is 13.1. The van der Waals surface area contributed by atoms with E-state index in [1.54, 1.807) is 30.3 Å². The number of rotatable bonds is 3. The number of amides is 2. The van der Waals surface area contributed by atoms with Crippen LogP contribution in [0.3, 0.4) is 0 Å². The van der Waals surface area contributed by atoms with Crippen molar-refractivity contribution in [1.29, 1.82) is 0 Å². The average molecular weight is 334 g/mol. The van der Waals surface area contributed by atoms with Crippen LogP contribution in [0.15, 0.2) is 71.3 Å². The van der Waals surface area contributed by atoms with Crippen LogP contribution >= 0.6 is 0 Å². The maximum Gasteiger partial charge on any atom is 0.291 e. The molecule has 0 saturated carbocycles. The van der Waals surface area contributed by atoms with Crippen molar-refractivity contribution < 1.29 is 18.7 Å². The van der Waals surface area contributed by atoms with Gasteiger partial charge in [-0.2, -0.15) is 0 Å². The highest BCUT2D eigenvalue weighted by molar-refractivity contribution is 6.03. The van der Waals surface area contributed by atoms with Gasteiger partial charge in [0.1, 0.15) is 5.75 Å². The Morgan fingerprint density at radius 2 is 1.88 bits per heavy atom. The first kappa shape index (κ1) is 15.0. The Balaban J connectivity index is 1.55. The Morgan fingerprint density at radius 1 is 1.04 bits per heavy atom. The molecule has 1 aliphatic rings. The summed E-state index contributed by atoms with van der Waals surface area (Å²) in [5.74, 6) is 0.134. The Bertz CT molecular complexity index is 920. The first-order chi connectivity index (χ1) is 12.2. The van der Waals surface area contributed by atoms with E-state index in [-0.39, 0.29) is 17.6 Å². The molecule has 3 aromatic rings. The van der Waals surface area contributed by atoms with Crippen molar-refractivity contribution in [2.24, 2.45) is 0 Å². The van der Waals surface area contributed by atoms with E-state index >= 15 is 0 Å². The number of carbonyl (C=O) groups is 2. The highest BCUT2D eigenvalue weighted by Crippen LogP contribution is 2.36. The lowest BCUT2D eigenvalue weighted by Crippen LogP contribution is -2.30. The molecule has 124 valence electrons. The van der Waals surface area contributed by atoms with E-state index in [9.17, 15) is 9.59 Å². The number of anilines is 2. The van der Waals surface area contributed by atoms with Gasteiger partial charge in [0, 0.05) is 11.3 Å². The van der Waals surface area contributed by atoms with Crippen molar-refractivity contribution in [3.63, 3.8) is 0 Å². The van der Waals surface area contributed by atoms with Crippen molar-refractivity contribution in [2.45, 2.75) is 6.10 Å². The van der Waals surface area contributed by atoms with Gasteiger partial charge in [0.15, 0.2) is 5.76 Å². The molecule has 2 N–H and O–H groups in total. The minimum Gasteiger partial charge on any atom is -0.474 e. The van der Waals surface area contributed by atoms with Gasteiger partial charge >= 0.3 is 0 Å². The fourth-order valence-corrected chi connectivity index (χ4v) is 2.63. The summed E-state index contributed by atoms with van der Waals surface area (Å²) in [5, 5.41) is 5.53. The van der Waals surface area contributed by atoms with E-state index in [4.69, 9.17) is 9.15 Å². The average Bonchev–Trinajstić information content (AvgIpc) is 3.16. The third kappa shape index (κ3) is 2.97. The normalized spacial score (nSPS) is 15.7. The quantitative estimate of drug-likeness (QED) is 0.767. The first-order valence-corrected chi connectivity index (χ1v) is 7.72. The number of hydrogen-bond donors (Lipinski definition) is 2. The SMILES string of the molecule is O=C(Nc1ccc2c(c1)NC(=O)C(c1ccccc1)O2)c1ccco1. The third-order valence-electron chi connectivity index (χ3n) is 3.83. The van der Waals surface area contributed by atoms with Crippen LogP contribution in [0.5, 0.6) is 5.75 Å². The molecule has 1 atom stereocenters. The number of nitrogens with one attached hydrogen (secondary N) is 2. The molecule has 0 spiro atoms. The molecule has 0 aliphatic carbocycles. The molecule has 0 bridgehead atoms. The molecule has 0 radical (unpaired) electrons. The summed E-state index contributed by atoms with van der Waals surface area (Å²) in [7, 11) is 0. The lowest BCUT2D eigenvalue weighted by molar-refractivity contribution is -0.123. The highest BCUT2D eigenvalue weighted by Gasteiger charge is 2.29. The lowest BCUT2D eigenvalue weighted by Gasteiger charge is -2.26. The van der Waals surface area contributed by atoms with Gasteiger partial charge in [-0.15, -0.1) is 0 Å². The Kier molecular flexibility index (Phi) is 3.70. The second-order valence-electron chi connectivity index (χ2n) is 5.54. The van der Waals surface area contributed by atoms with Crippen molar-refractivity contribution >= 4 is 23.2 Å². The molecule has 0 saturated heterocycles. The number of hydrogen-bond acceptors (Lipinski definition) is 4. The minimum absolute atomic E-state index is 0.210. The molecule has 25 heavy (non-hydrogen) atoms. The van der Waals surface area contributed by atoms with E-state index in [0.29, 0.717) is 17.1 Å². The van der Waals surface area contributed by atoms with E-state index in [1.807, 2.05) is 30.3 Å². The molecule has 1 aliphatic heterocycles. The molecule has 6 nitrogen and oxygen atoms in total. The van der Waals surface area contributed by atoms with Crippen molar-refractivity contribution in [3.8, 4) is 5.75 Å². The van der Waals surface area contributed by atoms with Crippen molar-refractivity contribution in [3.05, 3.63) is 78.3 Å². The predicted molar refractivity (Wildman–Crippen MR) is 91.5 cm³/mol. The number of carbonyl (C=O) groups excluding carboxylic acids is 2. The molecular formula is C19H14N2O4. The standard InChI is InChI=1S/C19H14N2O4/c22-18(16-7-4-10-24-16)20-13-8-9-15-14(11-13)21-19(23)17(25-15)12-5-2-1-3-6-12/h1-11,17H,(H,20,22)(H,21,23). The number of furan rings is 1. The van der Waals surface area contributed by atoms with Crippen LogP contribution in [0, 0.1) is 0 Å². The van der Waals surface area contributed by atoms with Crippen LogP contribution in [-0.2, 0) is 4.79 Å². The van der Waals surface area contributed by atoms with Crippen LogP contribution < -0.4 is 15.4 Å². The summed E-state index contributed by atoms with van der Waals surface area (Å²) < 4.78 is 10.9. The Morgan fingerprint density at radius 3 is 2.64 bits per heavy atom. The fourth-order valence-electron chi connectivity index (χ4n) is 2.63. The molecule has 2 heterocycles. The molecule has 4 rings (SSSR count). The van der Waals surface area contributed by atoms with Crippen LogP contribution in [0.4, 0.5) is 11.4 Å². The van der Waals surface area contributed by atoms with E-state index < -0.39 is 6.10 Å². The molecule has 0 fully saturated rings. The topological polar surface area (TPSA) is 80.6 Å². The van der Waals surface area contributed by atoms with Gasteiger partial charge in [-0.05, 0) is 30.3 Å². The van der Waals surface area contributed by atoms with E-state index in [0.717, 1.165) is 5.56 Å². The largest absolute Gasteiger partial charge is 0.474 e. The van der Waals surface area contributed by atoms with Crippen LogP contribution in [0.2, 0.25) is 0 Å². The zero-order chi connectivity index (χ0) is 17.2. The second kappa shape index (κ2) is 6.16. The lowest BCUT2D eigenvalue weighted by atomic mass is 10.1. The summed E-state index contributed by atoms with van der Waals surface area (Å²) in [4.78, 5) is 24.4. The molecular weight excluding hydrogens is 320 g/mol. The van der Waals surface area contributed by atoms with E-state index in [1.165, 1.54) is 6.26 Å². The van der Waals surface area contributed by atoms with Crippen LogP contribution in [0.25, 0.3) is 0 Å². The van der Waals surface area contributed by atoms with Gasteiger partial charge in [0.05, 0.1) is 12.0 Å². The van der Waals surface area contributed by atoms with Crippen molar-refractivity contribution in [2.75, 3.05) is 10.6 Å². The summed E-state index contributed by atoms with van der Waals surface area (Å²) in [6.45, 7) is 0. The smallest absolute Gasteiger partial charge is 0.291 e. The summed E-state index contributed by atoms with van der Waals surface area (Å²) in [6, 6.07) is 17.6. The van der Waals surface area contributed by atoms with Crippen LogP contribution in [0.1, 0.15) is 22.2 Å². The van der Waals surface area contributed by atoms with E-state index in [2.05, 4.69) is 10.6 Å². The number of benzene rings is 2. The van der Waals surface area contributed by atoms with Crippen molar-refractivity contribution in [1.82, 2.24) is 0 Å². The summed E-state index contributed by atoms with van der Waals surface area (Å²) in [6.07, 6.45) is 0.733. The Hall–Kier alpha value is -3.54. The highest BCUT2D eigenvalue weighted by atomic mass is 16.5. The monoisotopic (exact) mass is 334 g/mol. The summed E-state index contributed by atoms with van der Waals surface area (Å²) in [5.41, 5.74) is 1.82. The maximum atomic E-state index is 12.3. The molecule has 1 unspecified atom stereocenters. The van der Waals surface area contributed by atoms with Gasteiger partial charge in [-0.3, -0.25) is 9.59 Å². The molecule has 2 aromatic carbocycles. The zero-order valence-electron chi connectivity index (χ0n) is 13.1. The Labute approximate surface area is 143 Å². The van der Waals surface area contributed by atoms with Gasteiger partial charge < -0.3 is 19.8 Å². The van der Waals surface area contributed by atoms with Gasteiger partial charge in [0.2, 0.25) is 6.10 Å². The summed E-state index contributed by atoms with van der Waals surface area (Å²) >= 11 is 0. The second-order valence-corrected chi connectivity index (χ2v) is 5.54. The third-order valence-corrected chi connectivity index (χ3v) is 3.83.